The third-order valence-corrected chi connectivity index (χ3v) is 4.45. The van der Waals surface area contributed by atoms with E-state index in [1.54, 1.807) is 0 Å². The normalized spacial score (nSPS) is 10.8. The van der Waals surface area contributed by atoms with E-state index in [4.69, 9.17) is 28.2 Å². The van der Waals surface area contributed by atoms with Crippen LogP contribution in [-0.2, 0) is 0 Å². The van der Waals surface area contributed by atoms with Gasteiger partial charge in [0, 0.05) is 33.4 Å². The first-order valence-electron chi connectivity index (χ1n) is 8.29. The van der Waals surface area contributed by atoms with E-state index >= 15 is 0 Å². The Morgan fingerprint density at radius 1 is 0.692 bits per heavy atom. The molecule has 1 N–H and O–H groups in total. The lowest BCUT2D eigenvalue weighted by Gasteiger charge is -2.09. The summed E-state index contributed by atoms with van der Waals surface area (Å²) in [4.78, 5) is 8.34. The molecule has 2 heterocycles. The first-order valence-corrected chi connectivity index (χ1v) is 9.36. The highest BCUT2D eigenvalue weighted by molar-refractivity contribution is 6.40. The highest BCUT2D eigenvalue weighted by Gasteiger charge is 2.13. The predicted molar refractivity (Wildman–Crippen MR) is 113 cm³/mol. The number of aromatic nitrogens is 2. The van der Waals surface area contributed by atoms with E-state index in [1.807, 2.05) is 6.07 Å². The van der Waals surface area contributed by atoms with Crippen molar-refractivity contribution in [2.45, 2.75) is 0 Å². The zero-order valence-electron chi connectivity index (χ0n) is 13.9. The van der Waals surface area contributed by atoms with Crippen LogP contribution in [0, 0.1) is 0 Å². The Morgan fingerprint density at radius 3 is 2.04 bits per heavy atom. The number of pyridine rings is 1. The van der Waals surface area contributed by atoms with E-state index < -0.39 is 0 Å². The number of alkyl halides is 2. The lowest BCUT2D eigenvalue weighted by atomic mass is 10.00. The van der Waals surface area contributed by atoms with Crippen molar-refractivity contribution in [1.82, 2.24) is 9.97 Å². The maximum absolute atomic E-state index is 4.98. The number of benzene rings is 3. The van der Waals surface area contributed by atoms with E-state index in [0.29, 0.717) is 0 Å². The summed E-state index contributed by atoms with van der Waals surface area (Å²) in [7, 11) is 0. The van der Waals surface area contributed by atoms with Gasteiger partial charge < -0.3 is 4.98 Å². The average molecular weight is 379 g/mol. The lowest BCUT2D eigenvalue weighted by Crippen LogP contribution is -1.88. The molecule has 0 bridgehead atoms. The van der Waals surface area contributed by atoms with E-state index in [-0.39, 0.29) is 5.34 Å². The summed E-state index contributed by atoms with van der Waals surface area (Å²) in [5.41, 5.74) is 4.37. The number of halogens is 2. The Hall–Kier alpha value is -2.55. The number of rotatable bonds is 1. The van der Waals surface area contributed by atoms with Gasteiger partial charge in [-0.15, -0.1) is 23.2 Å². The van der Waals surface area contributed by atoms with E-state index in [2.05, 4.69) is 77.9 Å². The molecule has 0 fully saturated rings. The summed E-state index contributed by atoms with van der Waals surface area (Å²) in [6.07, 6.45) is 2.06. The van der Waals surface area contributed by atoms with Gasteiger partial charge in [0.15, 0.2) is 0 Å². The molecule has 2 aromatic heterocycles. The quantitative estimate of drug-likeness (QED) is 0.248. The summed E-state index contributed by atoms with van der Waals surface area (Å²) in [6, 6.07) is 25.2. The minimum Gasteiger partial charge on any atom is -0.360 e. The number of nitrogens with zero attached hydrogens (tertiary/aromatic N) is 1. The summed E-state index contributed by atoms with van der Waals surface area (Å²) >= 11 is 9.53. The molecule has 0 amide bonds. The number of hydrogen-bond donors (Lipinski definition) is 1. The van der Waals surface area contributed by atoms with Crippen LogP contribution in [0.2, 0.25) is 0 Å². The second-order valence-corrected chi connectivity index (χ2v) is 6.68. The second kappa shape index (κ2) is 7.36. The maximum atomic E-state index is 4.98. The molecule has 5 aromatic rings. The molecule has 0 saturated heterocycles. The summed E-state index contributed by atoms with van der Waals surface area (Å²) in [5, 5.41) is 5.04. The van der Waals surface area contributed by atoms with Crippen LogP contribution in [-0.4, -0.2) is 15.3 Å². The smallest absolute Gasteiger partial charge is 0.0967 e. The minimum atomic E-state index is 0.194. The number of hydrogen-bond acceptors (Lipinski definition) is 1. The van der Waals surface area contributed by atoms with Crippen LogP contribution in [0.1, 0.15) is 0 Å². The zero-order chi connectivity index (χ0) is 17.9. The van der Waals surface area contributed by atoms with Crippen molar-refractivity contribution in [2.75, 3.05) is 5.34 Å². The van der Waals surface area contributed by atoms with Gasteiger partial charge in [0.1, 0.15) is 0 Å². The molecule has 26 heavy (non-hydrogen) atoms. The van der Waals surface area contributed by atoms with Crippen LogP contribution < -0.4 is 0 Å². The lowest BCUT2D eigenvalue weighted by molar-refractivity contribution is 1.42. The van der Waals surface area contributed by atoms with E-state index in [0.717, 1.165) is 22.3 Å². The van der Waals surface area contributed by atoms with Gasteiger partial charge in [-0.1, -0.05) is 60.7 Å². The van der Waals surface area contributed by atoms with Crippen LogP contribution in [0.25, 0.3) is 43.8 Å². The van der Waals surface area contributed by atoms with Crippen molar-refractivity contribution in [3.05, 3.63) is 79.0 Å². The Balaban J connectivity index is 0.000000527. The average Bonchev–Trinajstić information content (AvgIpc) is 3.12. The van der Waals surface area contributed by atoms with Crippen molar-refractivity contribution < 1.29 is 0 Å². The third-order valence-electron chi connectivity index (χ3n) is 4.45. The Morgan fingerprint density at radius 2 is 1.27 bits per heavy atom. The van der Waals surface area contributed by atoms with Crippen molar-refractivity contribution in [3.8, 4) is 11.3 Å². The number of fused-ring (bicyclic) bond motifs is 4. The van der Waals surface area contributed by atoms with Crippen LogP contribution >= 0.6 is 23.2 Å². The molecule has 0 aliphatic rings. The van der Waals surface area contributed by atoms with Gasteiger partial charge >= 0.3 is 0 Å². The number of aromatic amines is 1. The Kier molecular flexibility index (Phi) is 4.79. The SMILES string of the molecule is ClCCl.c1ccc2c(c1)nc(-c1c[nH]c3ccccc13)c1ccccc12. The Labute approximate surface area is 161 Å². The third kappa shape index (κ3) is 2.92. The molecule has 0 atom stereocenters. The van der Waals surface area contributed by atoms with Crippen LogP contribution in [0.5, 0.6) is 0 Å². The second-order valence-electron chi connectivity index (χ2n) is 5.87. The Bertz CT molecular complexity index is 1190. The summed E-state index contributed by atoms with van der Waals surface area (Å²) in [6.45, 7) is 0. The fourth-order valence-corrected chi connectivity index (χ4v) is 3.38. The van der Waals surface area contributed by atoms with E-state index in [9.17, 15) is 0 Å². The summed E-state index contributed by atoms with van der Waals surface area (Å²) in [5.74, 6) is 0. The predicted octanol–water partition coefficient (Wildman–Crippen LogP) is 6.96. The topological polar surface area (TPSA) is 28.7 Å². The minimum absolute atomic E-state index is 0.194. The standard InChI is InChI=1S/C21H14N2.CH2Cl2/c1-2-10-17-14(7-1)15-8-4-6-12-20(15)23-21(17)18-13-22-19-11-5-3-9-16(18)19;2-1-3/h1-13,22H;1H2. The molecule has 2 nitrogen and oxygen atoms in total. The molecular weight excluding hydrogens is 363 g/mol. The van der Waals surface area contributed by atoms with Crippen molar-refractivity contribution in [3.63, 3.8) is 0 Å². The molecule has 4 heteroatoms. The molecule has 3 aromatic carbocycles. The van der Waals surface area contributed by atoms with Crippen LogP contribution in [0.3, 0.4) is 0 Å². The molecule has 128 valence electrons. The van der Waals surface area contributed by atoms with Crippen molar-refractivity contribution in [1.29, 1.82) is 0 Å². The molecule has 0 aliphatic heterocycles. The van der Waals surface area contributed by atoms with Crippen molar-refractivity contribution in [2.24, 2.45) is 0 Å². The van der Waals surface area contributed by atoms with Gasteiger partial charge in [0.25, 0.3) is 0 Å². The molecule has 0 radical (unpaired) electrons. The molecule has 5 rings (SSSR count). The van der Waals surface area contributed by atoms with Gasteiger partial charge in [-0.2, -0.15) is 0 Å². The van der Waals surface area contributed by atoms with Gasteiger partial charge in [0.05, 0.1) is 16.5 Å². The number of H-pyrrole nitrogens is 1. The first-order chi connectivity index (χ1) is 12.8. The van der Waals surface area contributed by atoms with Gasteiger partial charge in [0.2, 0.25) is 0 Å². The highest BCUT2D eigenvalue weighted by atomic mass is 35.5. The van der Waals surface area contributed by atoms with Gasteiger partial charge in [-0.3, -0.25) is 0 Å². The van der Waals surface area contributed by atoms with Gasteiger partial charge in [-0.25, -0.2) is 4.98 Å². The van der Waals surface area contributed by atoms with Crippen LogP contribution in [0.4, 0.5) is 0 Å². The summed E-state index contributed by atoms with van der Waals surface area (Å²) < 4.78 is 0. The van der Waals surface area contributed by atoms with Gasteiger partial charge in [-0.05, 0) is 17.5 Å². The fourth-order valence-electron chi connectivity index (χ4n) is 3.38. The van der Waals surface area contributed by atoms with Crippen LogP contribution in [0.15, 0.2) is 79.0 Å². The molecule has 0 unspecified atom stereocenters. The van der Waals surface area contributed by atoms with E-state index in [1.165, 1.54) is 21.5 Å². The first kappa shape index (κ1) is 16.9. The number of para-hydroxylation sites is 2. The number of nitrogens with one attached hydrogen (secondary N) is 1. The zero-order valence-corrected chi connectivity index (χ0v) is 15.4. The van der Waals surface area contributed by atoms with Crippen molar-refractivity contribution >= 4 is 55.8 Å². The molecular formula is C22H16Cl2N2. The monoisotopic (exact) mass is 378 g/mol. The highest BCUT2D eigenvalue weighted by Crippen LogP contribution is 2.35. The molecule has 0 spiro atoms. The fraction of sp³-hybridized carbons (Fsp3) is 0.0455. The maximum Gasteiger partial charge on any atom is 0.0967 e. The largest absolute Gasteiger partial charge is 0.360 e. The molecule has 0 saturated carbocycles. The molecule has 0 aliphatic carbocycles.